The molecule has 0 saturated heterocycles. The van der Waals surface area contributed by atoms with Crippen molar-refractivity contribution in [3.8, 4) is 23.2 Å². The normalized spacial score (nSPS) is 13.9. The minimum Gasteiger partial charge on any atom is -0.469 e. The average Bonchev–Trinajstić information content (AvgIpc) is 3.45. The number of anilines is 1. The molecule has 0 saturated carbocycles. The molecular weight excluding hydrogens is 508 g/mol. The van der Waals surface area contributed by atoms with Gasteiger partial charge in [-0.1, -0.05) is 55.7 Å². The van der Waals surface area contributed by atoms with Crippen LogP contribution in [0.5, 0.6) is 0 Å². The van der Waals surface area contributed by atoms with Gasteiger partial charge in [-0.15, -0.1) is 0 Å². The van der Waals surface area contributed by atoms with E-state index >= 15 is 0 Å². The van der Waals surface area contributed by atoms with Crippen LogP contribution < -0.4 is 4.90 Å². The monoisotopic (exact) mass is 546 g/mol. The van der Waals surface area contributed by atoms with E-state index in [0.717, 1.165) is 66.4 Å². The summed E-state index contributed by atoms with van der Waals surface area (Å²) in [7, 11) is 3.60. The number of ether oxygens (including phenoxy) is 1. The molecule has 1 atom stereocenters. The highest BCUT2D eigenvalue weighted by Gasteiger charge is 2.27. The number of unbranched alkanes of at least 4 members (excludes halogenated alkanes) is 6. The molecule has 0 N–H and O–H groups in total. The van der Waals surface area contributed by atoms with Crippen molar-refractivity contribution in [2.75, 3.05) is 19.1 Å². The maximum Gasteiger partial charge on any atom is 0.305 e. The number of fused-ring (bicyclic) bond motifs is 2. The first kappa shape index (κ1) is 28.3. The number of carbonyl (C=O) groups excluding carboxylic acids is 1. The Morgan fingerprint density at radius 2 is 1.76 bits per heavy atom. The van der Waals surface area contributed by atoms with Crippen LogP contribution in [-0.2, 0) is 22.4 Å². The van der Waals surface area contributed by atoms with E-state index in [0.29, 0.717) is 18.3 Å². The fourth-order valence-corrected chi connectivity index (χ4v) is 5.53. The Morgan fingerprint density at radius 1 is 0.951 bits per heavy atom. The highest BCUT2D eigenvalue weighted by atomic mass is 16.5. The molecule has 6 heteroatoms. The van der Waals surface area contributed by atoms with Crippen molar-refractivity contribution in [1.29, 1.82) is 0 Å². The van der Waals surface area contributed by atoms with Crippen LogP contribution in [-0.4, -0.2) is 41.1 Å². The first-order valence-electron chi connectivity index (χ1n) is 14.7. The van der Waals surface area contributed by atoms with Gasteiger partial charge in [0.25, 0.3) is 0 Å². The Bertz CT molecular complexity index is 1540. The molecular formula is C35H38N4O2. The number of rotatable bonds is 11. The van der Waals surface area contributed by atoms with Crippen molar-refractivity contribution in [2.24, 2.45) is 0 Å². The van der Waals surface area contributed by atoms with Gasteiger partial charge in [-0.2, -0.15) is 0 Å². The third-order valence-electron chi connectivity index (χ3n) is 7.90. The van der Waals surface area contributed by atoms with Crippen molar-refractivity contribution >= 4 is 22.7 Å². The van der Waals surface area contributed by atoms with Crippen LogP contribution in [0.15, 0.2) is 67.0 Å². The summed E-state index contributed by atoms with van der Waals surface area (Å²) in [5.74, 6) is 8.31. The molecule has 2 aromatic heterocycles. The van der Waals surface area contributed by atoms with Crippen molar-refractivity contribution in [3.05, 3.63) is 83.7 Å². The van der Waals surface area contributed by atoms with E-state index < -0.39 is 0 Å². The molecule has 5 rings (SSSR count). The highest BCUT2D eigenvalue weighted by molar-refractivity contribution is 5.91. The lowest BCUT2D eigenvalue weighted by Crippen LogP contribution is -2.33. The Labute approximate surface area is 243 Å². The van der Waals surface area contributed by atoms with Crippen LogP contribution in [0.3, 0.4) is 0 Å². The van der Waals surface area contributed by atoms with Gasteiger partial charge in [-0.3, -0.25) is 9.78 Å². The van der Waals surface area contributed by atoms with Gasteiger partial charge in [0.2, 0.25) is 0 Å². The first-order chi connectivity index (χ1) is 20.1. The average molecular weight is 547 g/mol. The molecule has 0 fully saturated rings. The van der Waals surface area contributed by atoms with Gasteiger partial charge in [0.15, 0.2) is 5.82 Å². The smallest absolute Gasteiger partial charge is 0.305 e. The van der Waals surface area contributed by atoms with Gasteiger partial charge in [-0.25, -0.2) is 9.97 Å². The minimum absolute atomic E-state index is 0.107. The van der Waals surface area contributed by atoms with Crippen LogP contribution in [0.25, 0.3) is 22.3 Å². The molecule has 4 aromatic rings. The maximum atomic E-state index is 11.2. The molecule has 1 aliphatic rings. The van der Waals surface area contributed by atoms with Gasteiger partial charge < -0.3 is 9.64 Å². The summed E-state index contributed by atoms with van der Waals surface area (Å²) in [5, 5.41) is 1.06. The van der Waals surface area contributed by atoms with E-state index in [9.17, 15) is 4.79 Å². The van der Waals surface area contributed by atoms with Crippen molar-refractivity contribution in [1.82, 2.24) is 15.0 Å². The van der Waals surface area contributed by atoms with Crippen molar-refractivity contribution < 1.29 is 9.53 Å². The second-order valence-electron chi connectivity index (χ2n) is 10.8. The lowest BCUT2D eigenvalue weighted by molar-refractivity contribution is -0.140. The van der Waals surface area contributed by atoms with E-state index in [2.05, 4.69) is 69.9 Å². The third kappa shape index (κ3) is 7.29. The van der Waals surface area contributed by atoms with E-state index in [-0.39, 0.29) is 5.97 Å². The summed E-state index contributed by atoms with van der Waals surface area (Å²) in [6, 6.07) is 19.2. The van der Waals surface area contributed by atoms with E-state index in [4.69, 9.17) is 9.97 Å². The number of para-hydroxylation sites is 1. The standard InChI is InChI=1S/C35H38N4O2/c1-39(35-31-16-11-12-17-32(31)37-34(38-35)28-15-13-21-36-25-28)30-23-27-20-19-26(22-29(27)24-30)14-9-7-5-3-4-6-8-10-18-33(40)41-2/h11-13,15-17,19-22,25,30H,3-8,10,18,23-24H2,1-2H3. The fourth-order valence-electron chi connectivity index (χ4n) is 5.53. The predicted octanol–water partition coefficient (Wildman–Crippen LogP) is 6.94. The fraction of sp³-hybridized carbons (Fsp3) is 0.371. The highest BCUT2D eigenvalue weighted by Crippen LogP contribution is 2.32. The van der Waals surface area contributed by atoms with Gasteiger partial charge >= 0.3 is 5.97 Å². The summed E-state index contributed by atoms with van der Waals surface area (Å²) in [4.78, 5) is 27.6. The number of nitrogens with zero attached hydrogens (tertiary/aromatic N) is 4. The van der Waals surface area contributed by atoms with Crippen molar-refractivity contribution in [3.63, 3.8) is 0 Å². The maximum absolute atomic E-state index is 11.2. The minimum atomic E-state index is -0.107. The molecule has 6 nitrogen and oxygen atoms in total. The molecule has 0 bridgehead atoms. The topological polar surface area (TPSA) is 68.2 Å². The summed E-state index contributed by atoms with van der Waals surface area (Å²) < 4.78 is 4.69. The van der Waals surface area contributed by atoms with E-state index in [1.165, 1.54) is 37.5 Å². The number of aromatic nitrogens is 3. The number of hydrogen-bond acceptors (Lipinski definition) is 6. The Hall–Kier alpha value is -4.24. The number of carbonyl (C=O) groups is 1. The Balaban J connectivity index is 1.18. The predicted molar refractivity (Wildman–Crippen MR) is 165 cm³/mol. The molecule has 2 heterocycles. The molecule has 0 spiro atoms. The van der Waals surface area contributed by atoms with E-state index in [1.807, 2.05) is 24.4 Å². The molecule has 0 aliphatic heterocycles. The second-order valence-corrected chi connectivity index (χ2v) is 10.8. The van der Waals surface area contributed by atoms with Crippen LogP contribution in [0.2, 0.25) is 0 Å². The van der Waals surface area contributed by atoms with Crippen molar-refractivity contribution in [2.45, 2.75) is 70.3 Å². The molecule has 0 radical (unpaired) electrons. The van der Waals surface area contributed by atoms with Crippen LogP contribution in [0.1, 0.15) is 68.1 Å². The zero-order valence-corrected chi connectivity index (χ0v) is 24.1. The van der Waals surface area contributed by atoms with Crippen LogP contribution in [0, 0.1) is 11.8 Å². The lowest BCUT2D eigenvalue weighted by Gasteiger charge is -2.27. The summed E-state index contributed by atoms with van der Waals surface area (Å²) >= 11 is 0. The van der Waals surface area contributed by atoms with Gasteiger partial charge in [0, 0.05) is 54.8 Å². The molecule has 210 valence electrons. The number of likely N-dealkylation sites (N-methyl/N-ethyl adjacent to an activating group) is 1. The number of pyridine rings is 1. The lowest BCUT2D eigenvalue weighted by atomic mass is 10.1. The molecule has 41 heavy (non-hydrogen) atoms. The largest absolute Gasteiger partial charge is 0.469 e. The quantitative estimate of drug-likeness (QED) is 0.115. The van der Waals surface area contributed by atoms with Gasteiger partial charge in [0.05, 0.1) is 12.6 Å². The number of benzene rings is 2. The summed E-state index contributed by atoms with van der Waals surface area (Å²) in [5.41, 5.74) is 5.73. The Morgan fingerprint density at radius 3 is 2.59 bits per heavy atom. The zero-order chi connectivity index (χ0) is 28.4. The number of methoxy groups -OCH3 is 1. The molecule has 0 amide bonds. The second kappa shape index (κ2) is 13.9. The number of hydrogen-bond donors (Lipinski definition) is 0. The van der Waals surface area contributed by atoms with Crippen LogP contribution in [0.4, 0.5) is 5.82 Å². The number of esters is 1. The first-order valence-corrected chi connectivity index (χ1v) is 14.7. The summed E-state index contributed by atoms with van der Waals surface area (Å²) in [6.45, 7) is 0. The molecule has 1 unspecified atom stereocenters. The molecule has 1 aliphatic carbocycles. The Kier molecular flexibility index (Phi) is 9.59. The molecule has 2 aromatic carbocycles. The third-order valence-corrected chi connectivity index (χ3v) is 7.90. The zero-order valence-electron chi connectivity index (χ0n) is 24.1. The summed E-state index contributed by atoms with van der Waals surface area (Å²) in [6.07, 6.45) is 13.7. The van der Waals surface area contributed by atoms with Gasteiger partial charge in [0.1, 0.15) is 5.82 Å². The van der Waals surface area contributed by atoms with E-state index in [1.54, 1.807) is 6.20 Å². The SMILES string of the molecule is COC(=O)CCCCCCCCC#Cc1ccc2c(c1)CC(N(C)c1nc(-c3cccnc3)nc3ccccc13)C2. The van der Waals surface area contributed by atoms with Gasteiger partial charge in [-0.05, 0) is 73.2 Å². The van der Waals surface area contributed by atoms with Crippen LogP contribution >= 0.6 is 0 Å².